The first-order valence-corrected chi connectivity index (χ1v) is 13.6. The summed E-state index contributed by atoms with van der Waals surface area (Å²) in [6.07, 6.45) is 5.25. The molecule has 0 fully saturated rings. The zero-order valence-electron chi connectivity index (χ0n) is 21.1. The van der Waals surface area contributed by atoms with Gasteiger partial charge in [0.25, 0.3) is 0 Å². The maximum absolute atomic E-state index is 13.3. The minimum atomic E-state index is -3.70. The Labute approximate surface area is 208 Å². The van der Waals surface area contributed by atoms with Gasteiger partial charge in [-0.15, -0.1) is 4.41 Å². The lowest BCUT2D eigenvalue weighted by molar-refractivity contribution is -0.141. The molecule has 3 N–H and O–H groups in total. The van der Waals surface area contributed by atoms with Crippen molar-refractivity contribution >= 4 is 38.7 Å². The predicted molar refractivity (Wildman–Crippen MR) is 138 cm³/mol. The Morgan fingerprint density at radius 1 is 0.971 bits per heavy atom. The molecule has 2 aromatic carbocycles. The van der Waals surface area contributed by atoms with E-state index in [0.29, 0.717) is 6.42 Å². The lowest BCUT2D eigenvalue weighted by atomic mass is 9.82. The molecule has 0 aromatic heterocycles. The second-order valence-electron chi connectivity index (χ2n) is 9.69. The van der Waals surface area contributed by atoms with Gasteiger partial charge in [-0.3, -0.25) is 20.2 Å². The fraction of sp³-hybridized carbons (Fsp3) is 0.462. The summed E-state index contributed by atoms with van der Waals surface area (Å²) >= 11 is 0. The first-order valence-electron chi connectivity index (χ1n) is 11.8. The molecular formula is C26H37N3O5S. The van der Waals surface area contributed by atoms with E-state index in [-0.39, 0.29) is 24.8 Å². The summed E-state index contributed by atoms with van der Waals surface area (Å²) < 4.78 is 25.4. The summed E-state index contributed by atoms with van der Waals surface area (Å²) in [5, 5.41) is 11.5. The molecule has 0 heterocycles. The molecule has 0 aliphatic heterocycles. The molecule has 2 aromatic rings. The number of carbonyl (C=O) groups is 2. The molecule has 0 saturated heterocycles. The highest BCUT2D eigenvalue weighted by Crippen LogP contribution is 2.27. The van der Waals surface area contributed by atoms with Crippen LogP contribution in [0.5, 0.6) is 0 Å². The van der Waals surface area contributed by atoms with E-state index < -0.39 is 33.7 Å². The second kappa shape index (κ2) is 12.8. The zero-order chi connectivity index (χ0) is 26.2. The Balaban J connectivity index is 2.33. The summed E-state index contributed by atoms with van der Waals surface area (Å²) in [5.74, 6) is -2.97. The number of hydrogen-bond donors (Lipinski definition) is 3. The molecule has 0 saturated carbocycles. The van der Waals surface area contributed by atoms with Gasteiger partial charge in [-0.25, -0.2) is 13.9 Å². The number of sulfonamides is 1. The summed E-state index contributed by atoms with van der Waals surface area (Å²) in [6, 6.07) is 13.9. The van der Waals surface area contributed by atoms with Gasteiger partial charge in [0.15, 0.2) is 0 Å². The van der Waals surface area contributed by atoms with Crippen LogP contribution in [0.2, 0.25) is 0 Å². The highest BCUT2D eigenvalue weighted by atomic mass is 32.2. The van der Waals surface area contributed by atoms with Crippen LogP contribution in [-0.2, 0) is 19.6 Å². The second-order valence-corrected chi connectivity index (χ2v) is 11.6. The van der Waals surface area contributed by atoms with Crippen molar-refractivity contribution in [3.8, 4) is 0 Å². The normalized spacial score (nSPS) is 14.1. The number of hydrogen-bond acceptors (Lipinski definition) is 5. The molecule has 0 aliphatic carbocycles. The number of rotatable bonds is 12. The van der Waals surface area contributed by atoms with Gasteiger partial charge in [-0.05, 0) is 41.0 Å². The molecule has 9 heteroatoms. The van der Waals surface area contributed by atoms with Crippen molar-refractivity contribution in [2.45, 2.75) is 40.5 Å². The summed E-state index contributed by atoms with van der Waals surface area (Å²) in [7, 11) is -3.70. The smallest absolute Gasteiger partial charge is 0.247 e. The number of nitrogens with one attached hydrogen (secondary N) is 2. The van der Waals surface area contributed by atoms with Gasteiger partial charge < -0.3 is 0 Å². The first kappa shape index (κ1) is 28.5. The number of nitrogens with zero attached hydrogens (tertiary/aromatic N) is 1. The number of amides is 2. The fourth-order valence-electron chi connectivity index (χ4n) is 4.04. The minimum absolute atomic E-state index is 0.0197. The highest BCUT2D eigenvalue weighted by molar-refractivity contribution is 7.88. The first-order chi connectivity index (χ1) is 16.4. The molecule has 2 atom stereocenters. The third-order valence-electron chi connectivity index (χ3n) is 5.67. The van der Waals surface area contributed by atoms with Crippen LogP contribution in [0.1, 0.15) is 46.1 Å². The van der Waals surface area contributed by atoms with E-state index in [1.807, 2.05) is 82.3 Å². The van der Waals surface area contributed by atoms with E-state index in [0.717, 1.165) is 27.0 Å². The molecule has 35 heavy (non-hydrogen) atoms. The highest BCUT2D eigenvalue weighted by Gasteiger charge is 2.35. The Bertz CT molecular complexity index is 1140. The summed E-state index contributed by atoms with van der Waals surface area (Å²) in [4.78, 5) is 25.9. The van der Waals surface area contributed by atoms with Crippen molar-refractivity contribution < 1.29 is 23.2 Å². The van der Waals surface area contributed by atoms with Gasteiger partial charge >= 0.3 is 0 Å². The lowest BCUT2D eigenvalue weighted by Gasteiger charge is -2.29. The van der Waals surface area contributed by atoms with E-state index >= 15 is 0 Å². The van der Waals surface area contributed by atoms with Crippen LogP contribution in [0.4, 0.5) is 0 Å². The maximum atomic E-state index is 13.3. The Morgan fingerprint density at radius 3 is 2.23 bits per heavy atom. The fourth-order valence-corrected chi connectivity index (χ4v) is 4.86. The minimum Gasteiger partial charge on any atom is -0.289 e. The number of allylic oxidation sites excluding steroid dienone is 1. The van der Waals surface area contributed by atoms with Crippen LogP contribution in [0.3, 0.4) is 0 Å². The zero-order valence-corrected chi connectivity index (χ0v) is 21.9. The van der Waals surface area contributed by atoms with E-state index in [1.54, 1.807) is 5.48 Å². The molecule has 0 unspecified atom stereocenters. The van der Waals surface area contributed by atoms with Crippen LogP contribution in [0.25, 0.3) is 16.8 Å². The number of carbonyl (C=O) groups excluding carboxylic acids is 2. The average Bonchev–Trinajstić information content (AvgIpc) is 2.78. The number of hydrazine groups is 1. The molecular weight excluding hydrogens is 466 g/mol. The molecule has 192 valence electrons. The van der Waals surface area contributed by atoms with Gasteiger partial charge in [0.2, 0.25) is 21.8 Å². The maximum Gasteiger partial charge on any atom is 0.247 e. The van der Waals surface area contributed by atoms with Crippen molar-refractivity contribution in [1.82, 2.24) is 15.3 Å². The largest absolute Gasteiger partial charge is 0.289 e. The van der Waals surface area contributed by atoms with Gasteiger partial charge in [-0.2, -0.15) is 0 Å². The van der Waals surface area contributed by atoms with Crippen LogP contribution >= 0.6 is 0 Å². The third kappa shape index (κ3) is 8.45. The Morgan fingerprint density at radius 2 is 1.63 bits per heavy atom. The summed E-state index contributed by atoms with van der Waals surface area (Å²) in [5.41, 5.74) is 5.16. The van der Waals surface area contributed by atoms with Crippen LogP contribution in [-0.4, -0.2) is 42.7 Å². The topological polar surface area (TPSA) is 116 Å². The van der Waals surface area contributed by atoms with Crippen molar-refractivity contribution in [1.29, 1.82) is 0 Å². The van der Waals surface area contributed by atoms with Crippen molar-refractivity contribution in [2.24, 2.45) is 23.7 Å². The van der Waals surface area contributed by atoms with E-state index in [9.17, 15) is 23.2 Å². The quantitative estimate of drug-likeness (QED) is 0.299. The average molecular weight is 504 g/mol. The van der Waals surface area contributed by atoms with Gasteiger partial charge in [0, 0.05) is 6.54 Å². The molecule has 8 nitrogen and oxygen atoms in total. The lowest BCUT2D eigenvalue weighted by Crippen LogP contribution is -2.51. The molecule has 0 bridgehead atoms. The van der Waals surface area contributed by atoms with Crippen molar-refractivity contribution in [3.05, 3.63) is 54.1 Å². The van der Waals surface area contributed by atoms with Crippen molar-refractivity contribution in [3.63, 3.8) is 0 Å². The van der Waals surface area contributed by atoms with Crippen LogP contribution in [0.15, 0.2) is 48.5 Å². The predicted octanol–water partition coefficient (Wildman–Crippen LogP) is 3.98. The number of hydroxylamine groups is 1. The van der Waals surface area contributed by atoms with Crippen molar-refractivity contribution in [2.75, 3.05) is 12.8 Å². The van der Waals surface area contributed by atoms with Gasteiger partial charge in [0.05, 0.1) is 18.1 Å². The van der Waals surface area contributed by atoms with E-state index in [2.05, 4.69) is 5.43 Å². The standard InChI is InChI=1S/C26H37N3O5S/c1-18(2)16-24(25(30)27-29(17-19(3)4)35(5,33)34)23(26(31)28-32)15-9-13-21-12-8-11-20-10-6-7-14-22(20)21/h6-14,18-19,23-24,32H,15-17H2,1-5H3,(H,27,30)(H,28,31)/b13-9+/t23-,24+/m0/s1. The monoisotopic (exact) mass is 503 g/mol. The molecule has 2 rings (SSSR count). The Hall–Kier alpha value is -2.75. The SMILES string of the molecule is CC(C)C[C@@H](C(=O)NN(CC(C)C)S(C)(=O)=O)[C@H](C/C=C/c1cccc2ccccc12)C(=O)NO. The summed E-state index contributed by atoms with van der Waals surface area (Å²) in [6.45, 7) is 7.63. The van der Waals surface area contributed by atoms with Gasteiger partial charge in [0.1, 0.15) is 0 Å². The number of fused-ring (bicyclic) bond motifs is 1. The van der Waals surface area contributed by atoms with E-state index in [1.165, 1.54) is 0 Å². The number of benzene rings is 2. The van der Waals surface area contributed by atoms with E-state index in [4.69, 9.17) is 0 Å². The Kier molecular flexibility index (Phi) is 10.4. The van der Waals surface area contributed by atoms with Crippen LogP contribution in [0, 0.1) is 23.7 Å². The molecule has 2 amide bonds. The molecule has 0 aliphatic rings. The molecule has 0 radical (unpaired) electrons. The van der Waals surface area contributed by atoms with Crippen LogP contribution < -0.4 is 10.9 Å². The van der Waals surface area contributed by atoms with Gasteiger partial charge in [-0.1, -0.05) is 82.3 Å². The third-order valence-corrected chi connectivity index (χ3v) is 6.71. The molecule has 0 spiro atoms.